The fourth-order valence-corrected chi connectivity index (χ4v) is 1.71. The van der Waals surface area contributed by atoms with Gasteiger partial charge in [0.15, 0.2) is 0 Å². The van der Waals surface area contributed by atoms with E-state index in [-0.39, 0.29) is 0 Å². The second-order valence-corrected chi connectivity index (χ2v) is 3.64. The first-order chi connectivity index (χ1) is 6.27. The maximum absolute atomic E-state index is 12.6. The molecule has 1 aliphatic rings. The van der Waals surface area contributed by atoms with Crippen molar-refractivity contribution in [1.82, 2.24) is 4.90 Å². The zero-order valence-electron chi connectivity index (χ0n) is 7.78. The van der Waals surface area contributed by atoms with Gasteiger partial charge in [-0.15, -0.1) is 0 Å². The van der Waals surface area contributed by atoms with Crippen LogP contribution in [0.1, 0.15) is 18.5 Å². The fraction of sp³-hybridized carbons (Fsp3) is 0.455. The van der Waals surface area contributed by atoms with E-state index >= 15 is 0 Å². The van der Waals surface area contributed by atoms with Crippen LogP contribution in [0.25, 0.3) is 0 Å². The molecule has 1 unspecified atom stereocenters. The van der Waals surface area contributed by atoms with Crippen LogP contribution in [0.4, 0.5) is 4.39 Å². The van der Waals surface area contributed by atoms with Crippen molar-refractivity contribution in [3.05, 3.63) is 35.9 Å². The molecule has 0 radical (unpaired) electrons. The van der Waals surface area contributed by atoms with Crippen molar-refractivity contribution in [2.45, 2.75) is 19.1 Å². The summed E-state index contributed by atoms with van der Waals surface area (Å²) in [5.74, 6) is 0. The van der Waals surface area contributed by atoms with E-state index in [1.807, 2.05) is 18.2 Å². The van der Waals surface area contributed by atoms with E-state index in [4.69, 9.17) is 0 Å². The largest absolute Gasteiger partial charge is 0.291 e. The van der Waals surface area contributed by atoms with E-state index in [0.29, 0.717) is 19.1 Å². The number of hydrogen-bond acceptors (Lipinski definition) is 1. The van der Waals surface area contributed by atoms with Gasteiger partial charge >= 0.3 is 0 Å². The Morgan fingerprint density at radius 1 is 1.31 bits per heavy atom. The van der Waals surface area contributed by atoms with Crippen LogP contribution in [0.2, 0.25) is 0 Å². The number of alkyl halides is 1. The number of likely N-dealkylation sites (tertiary alicyclic amines) is 1. The molecule has 1 aliphatic heterocycles. The maximum atomic E-state index is 12.6. The summed E-state index contributed by atoms with van der Waals surface area (Å²) in [4.78, 5) is 2.15. The molecule has 0 bridgehead atoms. The number of nitrogens with zero attached hydrogens (tertiary/aromatic N) is 1. The standard InChI is InChI=1S/C11H14FN/c1-9(13-7-11(12)8-13)10-5-3-2-4-6-10/h2-6,9,11H,7-8H2,1H3. The molecule has 0 aromatic heterocycles. The summed E-state index contributed by atoms with van der Waals surface area (Å²) in [6.45, 7) is 3.31. The molecule has 1 fully saturated rings. The van der Waals surface area contributed by atoms with Crippen molar-refractivity contribution in [3.8, 4) is 0 Å². The summed E-state index contributed by atoms with van der Waals surface area (Å²) in [6.07, 6.45) is -0.605. The highest BCUT2D eigenvalue weighted by molar-refractivity contribution is 5.18. The van der Waals surface area contributed by atoms with E-state index in [2.05, 4.69) is 24.0 Å². The summed E-state index contributed by atoms with van der Waals surface area (Å²) >= 11 is 0. The maximum Gasteiger partial charge on any atom is 0.125 e. The van der Waals surface area contributed by atoms with E-state index in [0.717, 1.165) is 0 Å². The second kappa shape index (κ2) is 3.46. The Morgan fingerprint density at radius 2 is 1.92 bits per heavy atom. The molecule has 1 saturated heterocycles. The highest BCUT2D eigenvalue weighted by Crippen LogP contribution is 2.25. The van der Waals surface area contributed by atoms with Gasteiger partial charge in [0.25, 0.3) is 0 Å². The molecule has 0 saturated carbocycles. The molecule has 1 nitrogen and oxygen atoms in total. The van der Waals surface area contributed by atoms with E-state index < -0.39 is 6.17 Å². The molecule has 1 aromatic carbocycles. The third-order valence-corrected chi connectivity index (χ3v) is 2.69. The minimum Gasteiger partial charge on any atom is -0.291 e. The van der Waals surface area contributed by atoms with Crippen LogP contribution < -0.4 is 0 Å². The SMILES string of the molecule is CC(c1ccccc1)N1CC(F)C1. The van der Waals surface area contributed by atoms with Gasteiger partial charge < -0.3 is 0 Å². The van der Waals surface area contributed by atoms with Crippen LogP contribution in [0.5, 0.6) is 0 Å². The molecule has 2 rings (SSSR count). The predicted molar refractivity (Wildman–Crippen MR) is 51.3 cm³/mol. The lowest BCUT2D eigenvalue weighted by molar-refractivity contribution is 0.0331. The van der Waals surface area contributed by atoms with Gasteiger partial charge in [-0.1, -0.05) is 30.3 Å². The fourth-order valence-electron chi connectivity index (χ4n) is 1.71. The molecule has 0 N–H and O–H groups in total. The summed E-state index contributed by atoms with van der Waals surface area (Å²) in [6, 6.07) is 10.6. The molecular weight excluding hydrogens is 165 g/mol. The van der Waals surface area contributed by atoms with Gasteiger partial charge in [-0.25, -0.2) is 4.39 Å². The lowest BCUT2D eigenvalue weighted by Crippen LogP contribution is -2.49. The van der Waals surface area contributed by atoms with Gasteiger partial charge in [0.1, 0.15) is 6.17 Å². The molecule has 1 heterocycles. The number of hydrogen-bond donors (Lipinski definition) is 0. The molecule has 0 amide bonds. The Morgan fingerprint density at radius 3 is 2.46 bits per heavy atom. The summed E-state index contributed by atoms with van der Waals surface area (Å²) in [5, 5.41) is 0. The molecule has 1 atom stereocenters. The normalized spacial score (nSPS) is 21.1. The lowest BCUT2D eigenvalue weighted by atomic mass is 10.0. The summed E-state index contributed by atoms with van der Waals surface area (Å²) in [7, 11) is 0. The Kier molecular flexibility index (Phi) is 2.32. The monoisotopic (exact) mass is 179 g/mol. The van der Waals surface area contributed by atoms with Crippen molar-refractivity contribution >= 4 is 0 Å². The first-order valence-corrected chi connectivity index (χ1v) is 4.70. The molecule has 0 aliphatic carbocycles. The van der Waals surface area contributed by atoms with Crippen LogP contribution >= 0.6 is 0 Å². The van der Waals surface area contributed by atoms with Crippen LogP contribution in [-0.4, -0.2) is 24.2 Å². The topological polar surface area (TPSA) is 3.24 Å². The Labute approximate surface area is 78.2 Å². The zero-order valence-corrected chi connectivity index (χ0v) is 7.78. The van der Waals surface area contributed by atoms with E-state index in [9.17, 15) is 4.39 Å². The quantitative estimate of drug-likeness (QED) is 0.673. The van der Waals surface area contributed by atoms with E-state index in [1.165, 1.54) is 5.56 Å². The van der Waals surface area contributed by atoms with Gasteiger partial charge in [0.2, 0.25) is 0 Å². The van der Waals surface area contributed by atoms with Crippen LogP contribution in [0, 0.1) is 0 Å². The number of benzene rings is 1. The Balaban J connectivity index is 2.02. The van der Waals surface area contributed by atoms with Crippen LogP contribution in [0.3, 0.4) is 0 Å². The molecule has 2 heteroatoms. The zero-order chi connectivity index (χ0) is 9.26. The minimum absolute atomic E-state index is 0.355. The first kappa shape index (κ1) is 8.70. The highest BCUT2D eigenvalue weighted by atomic mass is 19.1. The van der Waals surface area contributed by atoms with Crippen molar-refractivity contribution < 1.29 is 4.39 Å². The van der Waals surface area contributed by atoms with Crippen LogP contribution in [-0.2, 0) is 0 Å². The van der Waals surface area contributed by atoms with Crippen molar-refractivity contribution in [2.75, 3.05) is 13.1 Å². The van der Waals surface area contributed by atoms with Gasteiger partial charge in [-0.2, -0.15) is 0 Å². The lowest BCUT2D eigenvalue weighted by Gasteiger charge is -2.39. The van der Waals surface area contributed by atoms with Gasteiger partial charge in [0.05, 0.1) is 0 Å². The Hall–Kier alpha value is -0.890. The van der Waals surface area contributed by atoms with Crippen molar-refractivity contribution in [3.63, 3.8) is 0 Å². The smallest absolute Gasteiger partial charge is 0.125 e. The van der Waals surface area contributed by atoms with Crippen molar-refractivity contribution in [1.29, 1.82) is 0 Å². The molecular formula is C11H14FN. The summed E-state index contributed by atoms with van der Waals surface area (Å²) < 4.78 is 12.6. The van der Waals surface area contributed by atoms with E-state index in [1.54, 1.807) is 0 Å². The van der Waals surface area contributed by atoms with Gasteiger partial charge in [0, 0.05) is 19.1 Å². The predicted octanol–water partition coefficient (Wildman–Crippen LogP) is 2.40. The van der Waals surface area contributed by atoms with Crippen LogP contribution in [0.15, 0.2) is 30.3 Å². The molecule has 70 valence electrons. The first-order valence-electron chi connectivity index (χ1n) is 4.70. The molecule has 0 spiro atoms. The third-order valence-electron chi connectivity index (χ3n) is 2.69. The second-order valence-electron chi connectivity index (χ2n) is 3.64. The third kappa shape index (κ3) is 1.73. The molecule has 1 aromatic rings. The minimum atomic E-state index is -0.605. The molecule has 13 heavy (non-hydrogen) atoms. The number of rotatable bonds is 2. The summed E-state index contributed by atoms with van der Waals surface area (Å²) in [5.41, 5.74) is 1.27. The van der Waals surface area contributed by atoms with Gasteiger partial charge in [-0.3, -0.25) is 4.90 Å². The van der Waals surface area contributed by atoms with Crippen molar-refractivity contribution in [2.24, 2.45) is 0 Å². The van der Waals surface area contributed by atoms with Gasteiger partial charge in [-0.05, 0) is 12.5 Å². The average Bonchev–Trinajstić information content (AvgIpc) is 2.13. The highest BCUT2D eigenvalue weighted by Gasteiger charge is 2.30. The average molecular weight is 179 g/mol. The number of halogens is 1. The Bertz CT molecular complexity index is 267.